The Kier molecular flexibility index (Phi) is 7.56. The van der Waals surface area contributed by atoms with E-state index in [-0.39, 0.29) is 0 Å². The number of allylic oxidation sites excluding steroid dienone is 1. The minimum atomic E-state index is 0.703. The molecular formula is C18H32BCl. The van der Waals surface area contributed by atoms with Crippen molar-refractivity contribution in [2.45, 2.75) is 102 Å². The van der Waals surface area contributed by atoms with Crippen LogP contribution in [0.4, 0.5) is 0 Å². The van der Waals surface area contributed by atoms with Crippen LogP contribution in [0.25, 0.3) is 0 Å². The van der Waals surface area contributed by atoms with Crippen LogP contribution in [0.5, 0.6) is 0 Å². The summed E-state index contributed by atoms with van der Waals surface area (Å²) in [6.45, 7) is 2.97. The number of hydrogen-bond acceptors (Lipinski definition) is 0. The third kappa shape index (κ3) is 4.83. The first kappa shape index (κ1) is 16.5. The molecule has 0 nitrogen and oxygen atoms in total. The van der Waals surface area contributed by atoms with Crippen LogP contribution in [0.15, 0.2) is 11.0 Å². The first-order valence-corrected chi connectivity index (χ1v) is 9.56. The van der Waals surface area contributed by atoms with E-state index in [9.17, 15) is 0 Å². The summed E-state index contributed by atoms with van der Waals surface area (Å²) in [6, 6.07) is 0. The van der Waals surface area contributed by atoms with Gasteiger partial charge in [0.05, 0.1) is 0 Å². The summed E-state index contributed by atoms with van der Waals surface area (Å²) < 4.78 is 0. The second-order valence-electron chi connectivity index (χ2n) is 7.05. The molecule has 0 unspecified atom stereocenters. The van der Waals surface area contributed by atoms with Gasteiger partial charge in [-0.25, -0.2) is 0 Å². The van der Waals surface area contributed by atoms with Gasteiger partial charge in [-0.05, 0) is 11.4 Å². The summed E-state index contributed by atoms with van der Waals surface area (Å²) in [4.78, 5) is 1.23. The molecule has 0 radical (unpaired) electrons. The van der Waals surface area contributed by atoms with Crippen molar-refractivity contribution in [1.82, 2.24) is 0 Å². The molecule has 2 aliphatic carbocycles. The summed E-state index contributed by atoms with van der Waals surface area (Å²) in [5.74, 6) is 1.77. The van der Waals surface area contributed by atoms with Crippen molar-refractivity contribution in [1.29, 1.82) is 0 Å². The fourth-order valence-corrected chi connectivity index (χ4v) is 4.87. The van der Waals surface area contributed by atoms with Crippen molar-refractivity contribution in [2.24, 2.45) is 0 Å². The Hall–Kier alpha value is 0.0949. The monoisotopic (exact) mass is 294 g/mol. The highest BCUT2D eigenvalue weighted by atomic mass is 35.5. The van der Waals surface area contributed by atoms with Crippen molar-refractivity contribution >= 4 is 18.3 Å². The molecule has 2 heteroatoms. The van der Waals surface area contributed by atoms with E-state index >= 15 is 0 Å². The van der Waals surface area contributed by atoms with E-state index in [0.29, 0.717) is 6.71 Å². The maximum absolute atomic E-state index is 6.81. The smallest absolute Gasteiger partial charge is 0.100 e. The van der Waals surface area contributed by atoms with Crippen LogP contribution in [-0.4, -0.2) is 6.71 Å². The van der Waals surface area contributed by atoms with Crippen LogP contribution >= 0.6 is 11.6 Å². The van der Waals surface area contributed by atoms with Crippen LogP contribution in [0.1, 0.15) is 90.4 Å². The molecule has 2 rings (SSSR count). The van der Waals surface area contributed by atoms with E-state index in [1.807, 2.05) is 0 Å². The normalized spacial score (nSPS) is 23.0. The molecule has 0 saturated heterocycles. The third-order valence-corrected chi connectivity index (χ3v) is 5.94. The Labute approximate surface area is 131 Å². The highest BCUT2D eigenvalue weighted by Crippen LogP contribution is 2.44. The van der Waals surface area contributed by atoms with Crippen LogP contribution in [0.3, 0.4) is 0 Å². The predicted molar refractivity (Wildman–Crippen MR) is 92.9 cm³/mol. The number of unbranched alkanes of at least 4 members (excludes halogenated alkanes) is 2. The molecule has 2 saturated carbocycles. The zero-order valence-corrected chi connectivity index (χ0v) is 14.1. The van der Waals surface area contributed by atoms with Crippen LogP contribution < -0.4 is 0 Å². The van der Waals surface area contributed by atoms with E-state index in [1.165, 1.54) is 88.4 Å². The van der Waals surface area contributed by atoms with Crippen LogP contribution in [0, 0.1) is 0 Å². The highest BCUT2D eigenvalue weighted by molar-refractivity contribution is 6.80. The summed E-state index contributed by atoms with van der Waals surface area (Å²) in [6.07, 6.45) is 20.5. The molecule has 0 aliphatic heterocycles. The fraction of sp³-hybridized carbons (Fsp3) is 0.889. The number of rotatable bonds is 6. The van der Waals surface area contributed by atoms with E-state index in [0.717, 1.165) is 11.6 Å². The van der Waals surface area contributed by atoms with Crippen molar-refractivity contribution in [3.63, 3.8) is 0 Å². The fourth-order valence-electron chi connectivity index (χ4n) is 4.40. The molecule has 0 atom stereocenters. The first-order valence-electron chi connectivity index (χ1n) is 9.18. The zero-order chi connectivity index (χ0) is 14.2. The molecule has 0 aromatic rings. The van der Waals surface area contributed by atoms with Gasteiger partial charge >= 0.3 is 0 Å². The summed E-state index contributed by atoms with van der Waals surface area (Å²) >= 11 is 6.81. The molecule has 0 bridgehead atoms. The maximum atomic E-state index is 6.81. The average Bonchev–Trinajstić information content (AvgIpc) is 2.50. The largest absolute Gasteiger partial charge is 0.196 e. The Morgan fingerprint density at radius 1 is 0.950 bits per heavy atom. The van der Waals surface area contributed by atoms with Gasteiger partial charge in [0, 0.05) is 0 Å². The Balaban J connectivity index is 2.03. The van der Waals surface area contributed by atoms with Gasteiger partial charge in [-0.3, -0.25) is 0 Å². The standard InChI is InChI=1S/C18H32BCl/c1-2-3-6-15-18(20)19(16-11-7-4-8-12-16)17-13-9-5-10-14-17/h15-17H,2-14H2,1H3/b18-15-. The van der Waals surface area contributed by atoms with Gasteiger partial charge in [-0.1, -0.05) is 102 Å². The lowest BCUT2D eigenvalue weighted by Crippen LogP contribution is -2.31. The Morgan fingerprint density at radius 2 is 1.45 bits per heavy atom. The average molecular weight is 295 g/mol. The van der Waals surface area contributed by atoms with Gasteiger partial charge in [0.2, 0.25) is 0 Å². The minimum Gasteiger partial charge on any atom is -0.100 e. The van der Waals surface area contributed by atoms with Crippen molar-refractivity contribution in [3.8, 4) is 0 Å². The number of halogens is 1. The molecule has 2 fully saturated rings. The summed E-state index contributed by atoms with van der Waals surface area (Å²) in [7, 11) is 0. The summed E-state index contributed by atoms with van der Waals surface area (Å²) in [5, 5.41) is 0. The molecule has 0 spiro atoms. The van der Waals surface area contributed by atoms with Crippen molar-refractivity contribution in [2.75, 3.05) is 0 Å². The van der Waals surface area contributed by atoms with Gasteiger partial charge in [0.15, 0.2) is 6.71 Å². The molecule has 0 aromatic heterocycles. The van der Waals surface area contributed by atoms with Crippen molar-refractivity contribution in [3.05, 3.63) is 11.0 Å². The van der Waals surface area contributed by atoms with Crippen LogP contribution in [-0.2, 0) is 0 Å². The second kappa shape index (κ2) is 9.18. The highest BCUT2D eigenvalue weighted by Gasteiger charge is 2.36. The minimum absolute atomic E-state index is 0.703. The topological polar surface area (TPSA) is 0 Å². The van der Waals surface area contributed by atoms with Gasteiger partial charge in [-0.2, -0.15) is 0 Å². The molecule has 2 aliphatic rings. The Morgan fingerprint density at radius 3 is 1.90 bits per heavy atom. The third-order valence-electron chi connectivity index (χ3n) is 5.53. The lowest BCUT2D eigenvalue weighted by atomic mass is 9.30. The molecule has 0 aromatic carbocycles. The zero-order valence-electron chi connectivity index (χ0n) is 13.4. The van der Waals surface area contributed by atoms with Crippen molar-refractivity contribution < 1.29 is 0 Å². The molecule has 20 heavy (non-hydrogen) atoms. The van der Waals surface area contributed by atoms with Gasteiger partial charge in [0.1, 0.15) is 0 Å². The second-order valence-corrected chi connectivity index (χ2v) is 7.49. The molecule has 114 valence electrons. The van der Waals surface area contributed by atoms with E-state index in [1.54, 1.807) is 0 Å². The molecule has 0 N–H and O–H groups in total. The van der Waals surface area contributed by atoms with Gasteiger partial charge in [-0.15, -0.1) is 11.6 Å². The Bertz CT molecular complexity index is 270. The van der Waals surface area contributed by atoms with E-state index in [2.05, 4.69) is 13.0 Å². The maximum Gasteiger partial charge on any atom is 0.196 e. The first-order chi connectivity index (χ1) is 9.83. The lowest BCUT2D eigenvalue weighted by molar-refractivity contribution is 0.464. The molecular weight excluding hydrogens is 262 g/mol. The quantitative estimate of drug-likeness (QED) is 0.365. The van der Waals surface area contributed by atoms with Crippen LogP contribution in [0.2, 0.25) is 11.6 Å². The lowest BCUT2D eigenvalue weighted by Gasteiger charge is -2.35. The SMILES string of the molecule is CCCC/C=C(\Cl)B(C1CCCCC1)C1CCCCC1. The van der Waals surface area contributed by atoms with Gasteiger partial charge < -0.3 is 0 Å². The molecule has 0 heterocycles. The van der Waals surface area contributed by atoms with E-state index < -0.39 is 0 Å². The molecule has 0 amide bonds. The van der Waals surface area contributed by atoms with Gasteiger partial charge in [0.25, 0.3) is 0 Å². The summed E-state index contributed by atoms with van der Waals surface area (Å²) in [5.41, 5.74) is 0. The number of hydrogen-bond donors (Lipinski definition) is 0. The predicted octanol–water partition coefficient (Wildman–Crippen LogP) is 7.00. The van der Waals surface area contributed by atoms with E-state index in [4.69, 9.17) is 11.6 Å².